The zero-order valence-electron chi connectivity index (χ0n) is 12.6. The molecule has 0 unspecified atom stereocenters. The third-order valence-corrected chi connectivity index (χ3v) is 4.11. The smallest absolute Gasteiger partial charge is 0.119 e. The molecule has 5 heteroatoms. The molecule has 0 saturated carbocycles. The summed E-state index contributed by atoms with van der Waals surface area (Å²) in [5.41, 5.74) is 3.02. The van der Waals surface area contributed by atoms with Gasteiger partial charge in [0.25, 0.3) is 0 Å². The highest BCUT2D eigenvalue weighted by atomic mass is 79.9. The minimum absolute atomic E-state index is 0.122. The Morgan fingerprint density at radius 2 is 2.00 bits per heavy atom. The Hall–Kier alpha value is -2.40. The van der Waals surface area contributed by atoms with Crippen molar-refractivity contribution in [1.29, 1.82) is 0 Å². The highest BCUT2D eigenvalue weighted by Gasteiger charge is 2.11. The number of aromatic nitrogens is 1. The maximum Gasteiger partial charge on any atom is 0.119 e. The van der Waals surface area contributed by atoms with Gasteiger partial charge >= 0.3 is 0 Å². The van der Waals surface area contributed by atoms with Gasteiger partial charge in [0.05, 0.1) is 24.3 Å². The zero-order chi connectivity index (χ0) is 16.6. The number of hydrogen-bond acceptors (Lipinski definition) is 4. The number of benzene rings is 2. The first-order valence-electron chi connectivity index (χ1n) is 6.96. The van der Waals surface area contributed by atoms with Crippen molar-refractivity contribution in [3.8, 4) is 17.0 Å². The van der Waals surface area contributed by atoms with Gasteiger partial charge in [0.1, 0.15) is 5.75 Å². The number of carboxylic acids is 1. The Morgan fingerprint density at radius 1 is 1.22 bits per heavy atom. The zero-order valence-corrected chi connectivity index (χ0v) is 14.2. The van der Waals surface area contributed by atoms with Gasteiger partial charge in [-0.05, 0) is 42.8 Å². The standard InChI is InChI=1S/C18H14BrNO3/c1-10-6-12(19)8-14-15(18(21)22)9-16(20-17(10)14)11-4-3-5-13(7-11)23-2/h3-9H,1-2H3,(H,21,22)/p-1. The largest absolute Gasteiger partial charge is 0.545 e. The second-order valence-electron chi connectivity index (χ2n) is 5.19. The maximum absolute atomic E-state index is 11.6. The van der Waals surface area contributed by atoms with E-state index in [2.05, 4.69) is 20.9 Å². The third kappa shape index (κ3) is 2.92. The first kappa shape index (κ1) is 15.5. The molecule has 2 aromatic carbocycles. The number of rotatable bonds is 3. The molecule has 3 aromatic rings. The van der Waals surface area contributed by atoms with Gasteiger partial charge in [-0.25, -0.2) is 4.98 Å². The van der Waals surface area contributed by atoms with Crippen LogP contribution in [0.15, 0.2) is 46.9 Å². The number of carboxylic acid groups (broad SMARTS) is 1. The van der Waals surface area contributed by atoms with Crippen molar-refractivity contribution < 1.29 is 14.6 Å². The monoisotopic (exact) mass is 370 g/mol. The van der Waals surface area contributed by atoms with Crippen LogP contribution in [-0.4, -0.2) is 18.1 Å². The molecule has 4 nitrogen and oxygen atoms in total. The van der Waals surface area contributed by atoms with E-state index in [1.807, 2.05) is 37.3 Å². The van der Waals surface area contributed by atoms with E-state index in [1.54, 1.807) is 19.2 Å². The van der Waals surface area contributed by atoms with Gasteiger partial charge in [0.2, 0.25) is 0 Å². The minimum Gasteiger partial charge on any atom is -0.545 e. The number of pyridine rings is 1. The SMILES string of the molecule is COc1cccc(-c2cc(C(=O)[O-])c3cc(Br)cc(C)c3n2)c1. The van der Waals surface area contributed by atoms with Gasteiger partial charge in [-0.1, -0.05) is 28.1 Å². The van der Waals surface area contributed by atoms with Gasteiger partial charge in [0, 0.05) is 21.0 Å². The van der Waals surface area contributed by atoms with E-state index in [4.69, 9.17) is 4.74 Å². The van der Waals surface area contributed by atoms with Gasteiger partial charge < -0.3 is 14.6 Å². The second-order valence-corrected chi connectivity index (χ2v) is 6.11. The second kappa shape index (κ2) is 6.01. The summed E-state index contributed by atoms with van der Waals surface area (Å²) in [5, 5.41) is 12.1. The quantitative estimate of drug-likeness (QED) is 0.709. The molecule has 0 radical (unpaired) electrons. The molecule has 23 heavy (non-hydrogen) atoms. The number of aryl methyl sites for hydroxylation is 1. The highest BCUT2D eigenvalue weighted by Crippen LogP contribution is 2.30. The van der Waals surface area contributed by atoms with Crippen molar-refractivity contribution >= 4 is 32.8 Å². The Bertz CT molecular complexity index is 922. The van der Waals surface area contributed by atoms with Crippen LogP contribution in [0.1, 0.15) is 15.9 Å². The molecule has 0 aliphatic rings. The van der Waals surface area contributed by atoms with Crippen LogP contribution in [0.2, 0.25) is 0 Å². The number of halogens is 1. The Labute approximate surface area is 141 Å². The summed E-state index contributed by atoms with van der Waals surface area (Å²) in [6.45, 7) is 1.90. The van der Waals surface area contributed by atoms with Crippen LogP contribution in [0.25, 0.3) is 22.2 Å². The average molecular weight is 371 g/mol. The lowest BCUT2D eigenvalue weighted by molar-refractivity contribution is -0.254. The van der Waals surface area contributed by atoms with Gasteiger partial charge in [-0.15, -0.1) is 0 Å². The van der Waals surface area contributed by atoms with Gasteiger partial charge in [0.15, 0.2) is 0 Å². The lowest BCUT2D eigenvalue weighted by Crippen LogP contribution is -2.23. The Morgan fingerprint density at radius 3 is 2.70 bits per heavy atom. The number of carbonyl (C=O) groups excluding carboxylic acids is 1. The molecular weight excluding hydrogens is 358 g/mol. The topological polar surface area (TPSA) is 62.2 Å². The molecule has 3 rings (SSSR count). The van der Waals surface area contributed by atoms with E-state index in [1.165, 1.54) is 0 Å². The molecule has 0 aliphatic carbocycles. The van der Waals surface area contributed by atoms with Crippen molar-refractivity contribution in [2.24, 2.45) is 0 Å². The molecule has 116 valence electrons. The third-order valence-electron chi connectivity index (χ3n) is 3.65. The Kier molecular flexibility index (Phi) is 4.05. The molecule has 0 spiro atoms. The summed E-state index contributed by atoms with van der Waals surface area (Å²) in [6, 6.07) is 12.5. The van der Waals surface area contributed by atoms with E-state index in [0.717, 1.165) is 15.6 Å². The summed E-state index contributed by atoms with van der Waals surface area (Å²) < 4.78 is 6.02. The van der Waals surface area contributed by atoms with Gasteiger partial charge in [-0.3, -0.25) is 0 Å². The van der Waals surface area contributed by atoms with Crippen molar-refractivity contribution in [3.63, 3.8) is 0 Å². The molecule has 1 aromatic heterocycles. The number of ether oxygens (including phenoxy) is 1. The molecule has 0 saturated heterocycles. The average Bonchev–Trinajstić information content (AvgIpc) is 2.54. The number of hydrogen-bond donors (Lipinski definition) is 0. The summed E-state index contributed by atoms with van der Waals surface area (Å²) in [6.07, 6.45) is 0. The van der Waals surface area contributed by atoms with Crippen LogP contribution < -0.4 is 9.84 Å². The lowest BCUT2D eigenvalue weighted by Gasteiger charge is -2.13. The minimum atomic E-state index is -1.22. The van der Waals surface area contributed by atoms with E-state index in [-0.39, 0.29) is 5.56 Å². The predicted molar refractivity (Wildman–Crippen MR) is 90.5 cm³/mol. The van der Waals surface area contributed by atoms with Crippen LogP contribution in [-0.2, 0) is 0 Å². The van der Waals surface area contributed by atoms with Gasteiger partial charge in [-0.2, -0.15) is 0 Å². The van der Waals surface area contributed by atoms with E-state index >= 15 is 0 Å². The summed E-state index contributed by atoms with van der Waals surface area (Å²) in [5.74, 6) is -0.536. The normalized spacial score (nSPS) is 10.7. The molecule has 0 fully saturated rings. The number of nitrogens with zero attached hydrogens (tertiary/aromatic N) is 1. The van der Waals surface area contributed by atoms with Crippen molar-refractivity contribution in [1.82, 2.24) is 4.98 Å². The number of carbonyl (C=O) groups is 1. The predicted octanol–water partition coefficient (Wildman–Crippen LogP) is 3.34. The fourth-order valence-corrected chi connectivity index (χ4v) is 3.13. The van der Waals surface area contributed by atoms with E-state index in [9.17, 15) is 9.90 Å². The van der Waals surface area contributed by atoms with Crippen LogP contribution >= 0.6 is 15.9 Å². The fourth-order valence-electron chi connectivity index (χ4n) is 2.56. The van der Waals surface area contributed by atoms with Crippen molar-refractivity contribution in [3.05, 3.63) is 58.1 Å². The molecule has 0 amide bonds. The van der Waals surface area contributed by atoms with Crippen LogP contribution in [0, 0.1) is 6.92 Å². The van der Waals surface area contributed by atoms with Crippen LogP contribution in [0.4, 0.5) is 0 Å². The Balaban J connectivity index is 2.32. The highest BCUT2D eigenvalue weighted by molar-refractivity contribution is 9.10. The summed E-state index contributed by atoms with van der Waals surface area (Å²) >= 11 is 3.39. The first-order chi connectivity index (χ1) is 11.0. The summed E-state index contributed by atoms with van der Waals surface area (Å²) in [7, 11) is 1.58. The van der Waals surface area contributed by atoms with E-state index < -0.39 is 5.97 Å². The fraction of sp³-hybridized carbons (Fsp3) is 0.111. The molecule has 0 bridgehead atoms. The molecule has 0 atom stereocenters. The summed E-state index contributed by atoms with van der Waals surface area (Å²) in [4.78, 5) is 16.2. The lowest BCUT2D eigenvalue weighted by atomic mass is 10.0. The molecule has 0 N–H and O–H groups in total. The molecular formula is C18H13BrNO3-. The van der Waals surface area contributed by atoms with Crippen LogP contribution in [0.5, 0.6) is 5.75 Å². The number of methoxy groups -OCH3 is 1. The van der Waals surface area contributed by atoms with Crippen molar-refractivity contribution in [2.45, 2.75) is 6.92 Å². The molecule has 0 aliphatic heterocycles. The van der Waals surface area contributed by atoms with Crippen molar-refractivity contribution in [2.75, 3.05) is 7.11 Å². The maximum atomic E-state index is 11.6. The number of aromatic carboxylic acids is 1. The van der Waals surface area contributed by atoms with Crippen LogP contribution in [0.3, 0.4) is 0 Å². The molecule has 1 heterocycles. The van der Waals surface area contributed by atoms with E-state index in [0.29, 0.717) is 22.3 Å². The first-order valence-corrected chi connectivity index (χ1v) is 7.75. The number of fused-ring (bicyclic) bond motifs is 1.